The second-order valence-corrected chi connectivity index (χ2v) is 2.92. The van der Waals surface area contributed by atoms with E-state index in [2.05, 4.69) is 22.4 Å². The van der Waals surface area contributed by atoms with Crippen molar-refractivity contribution < 1.29 is 56.5 Å². The van der Waals surface area contributed by atoms with Crippen molar-refractivity contribution in [1.82, 2.24) is 10.2 Å². The Bertz CT molecular complexity index is 220. The topological polar surface area (TPSA) is 48.9 Å². The van der Waals surface area contributed by atoms with Gasteiger partial charge in [0.1, 0.15) is 5.01 Å². The molecule has 0 spiro atoms. The van der Waals surface area contributed by atoms with Crippen LogP contribution in [0.25, 0.3) is 0 Å². The third-order valence-electron chi connectivity index (χ3n) is 0.618. The second-order valence-electron chi connectivity index (χ2n) is 1.16. The van der Waals surface area contributed by atoms with E-state index in [4.69, 9.17) is 5.11 Å². The first kappa shape index (κ1) is 10.4. The molecule has 2 N–H and O–H groups in total. The van der Waals surface area contributed by atoms with Crippen molar-refractivity contribution in [2.75, 3.05) is 0 Å². The molecule has 1 heterocycles. The Balaban J connectivity index is 0.000000640. The zero-order valence-corrected chi connectivity index (χ0v) is 9.67. The summed E-state index contributed by atoms with van der Waals surface area (Å²) < 4.78 is 0.606. The number of nitrogens with one attached hydrogen (secondary N) is 1. The molecule has 0 saturated heterocycles. The van der Waals surface area contributed by atoms with E-state index in [1.165, 1.54) is 11.3 Å². The standard InChI is InChI=1S/C3H4N2OS2.K/c6-1-2-4-5-3(7)8-2;/h6H,1H2,(H,5,7);/q;+1. The molecule has 44 valence electrons. The number of aromatic nitrogens is 2. The summed E-state index contributed by atoms with van der Waals surface area (Å²) in [5.41, 5.74) is 0. The average Bonchev–Trinajstić information content (AvgIpc) is 2.14. The third kappa shape index (κ3) is 3.33. The van der Waals surface area contributed by atoms with Crippen LogP contribution in [0.2, 0.25) is 0 Å². The third-order valence-corrected chi connectivity index (χ3v) is 1.69. The van der Waals surface area contributed by atoms with Crippen molar-refractivity contribution in [3.05, 3.63) is 8.96 Å². The maximum atomic E-state index is 8.43. The summed E-state index contributed by atoms with van der Waals surface area (Å²) in [6.45, 7) is -0.0300. The van der Waals surface area contributed by atoms with Crippen LogP contribution in [0.4, 0.5) is 0 Å². The first-order valence-electron chi connectivity index (χ1n) is 1.98. The van der Waals surface area contributed by atoms with E-state index in [-0.39, 0.29) is 58.0 Å². The number of H-pyrrole nitrogens is 1. The summed E-state index contributed by atoms with van der Waals surface area (Å²) in [4.78, 5) is 0. The van der Waals surface area contributed by atoms with Crippen LogP contribution in [0.3, 0.4) is 0 Å². The van der Waals surface area contributed by atoms with Gasteiger partial charge in [-0.1, -0.05) is 11.3 Å². The summed E-state index contributed by atoms with van der Waals surface area (Å²) in [5.74, 6) is 0. The number of hydrogen-bond acceptors (Lipinski definition) is 4. The molecule has 1 aromatic rings. The summed E-state index contributed by atoms with van der Waals surface area (Å²) >= 11 is 5.97. The molecule has 0 aliphatic heterocycles. The van der Waals surface area contributed by atoms with Crippen molar-refractivity contribution in [1.29, 1.82) is 0 Å². The van der Waals surface area contributed by atoms with Crippen molar-refractivity contribution >= 4 is 23.6 Å². The van der Waals surface area contributed by atoms with Gasteiger partial charge in [0, 0.05) is 0 Å². The monoisotopic (exact) mass is 187 g/mol. The molecule has 0 atom stereocenters. The van der Waals surface area contributed by atoms with E-state index < -0.39 is 0 Å². The Morgan fingerprint density at radius 1 is 1.78 bits per heavy atom. The van der Waals surface area contributed by atoms with Crippen LogP contribution in [0.1, 0.15) is 5.01 Å². The van der Waals surface area contributed by atoms with Crippen LogP contribution in [0, 0.1) is 3.95 Å². The molecule has 0 saturated carbocycles. The van der Waals surface area contributed by atoms with Gasteiger partial charge < -0.3 is 5.11 Å². The number of hydrogen-bond donors (Lipinski definition) is 2. The van der Waals surface area contributed by atoms with Gasteiger partial charge in [0.25, 0.3) is 0 Å². The summed E-state index contributed by atoms with van der Waals surface area (Å²) in [6, 6.07) is 0. The molecule has 0 radical (unpaired) electrons. The molecule has 9 heavy (non-hydrogen) atoms. The fraction of sp³-hybridized carbons (Fsp3) is 0.333. The summed E-state index contributed by atoms with van der Waals surface area (Å²) in [5, 5.41) is 15.3. The molecule has 0 aliphatic rings. The number of nitrogens with zero attached hydrogens (tertiary/aromatic N) is 1. The molecule has 0 amide bonds. The van der Waals surface area contributed by atoms with Crippen LogP contribution >= 0.6 is 23.6 Å². The van der Waals surface area contributed by atoms with Crippen molar-refractivity contribution in [2.24, 2.45) is 0 Å². The van der Waals surface area contributed by atoms with Crippen LogP contribution in [0.15, 0.2) is 0 Å². The van der Waals surface area contributed by atoms with E-state index in [1.54, 1.807) is 0 Å². The van der Waals surface area contributed by atoms with Gasteiger partial charge in [-0.25, -0.2) is 0 Å². The number of aromatic amines is 1. The predicted octanol–water partition coefficient (Wildman–Crippen LogP) is -2.30. The van der Waals surface area contributed by atoms with Gasteiger partial charge in [-0.05, 0) is 12.2 Å². The van der Waals surface area contributed by atoms with Gasteiger partial charge in [-0.15, -0.1) is 0 Å². The molecule has 0 aromatic carbocycles. The minimum atomic E-state index is -0.0300. The fourth-order valence-corrected chi connectivity index (χ4v) is 1.12. The fourth-order valence-electron chi connectivity index (χ4n) is 0.328. The molecule has 1 aromatic heterocycles. The number of aliphatic hydroxyl groups is 1. The van der Waals surface area contributed by atoms with Crippen molar-refractivity contribution in [2.45, 2.75) is 6.61 Å². The second kappa shape index (κ2) is 5.08. The first-order valence-corrected chi connectivity index (χ1v) is 3.20. The maximum absolute atomic E-state index is 8.43. The Hall–Kier alpha value is 1.38. The smallest absolute Gasteiger partial charge is 0.389 e. The maximum Gasteiger partial charge on any atom is 1.00 e. The van der Waals surface area contributed by atoms with Gasteiger partial charge in [0.05, 0.1) is 6.61 Å². The molecular formula is C3H4KN2OS2+. The zero-order chi connectivity index (χ0) is 5.98. The van der Waals surface area contributed by atoms with Gasteiger partial charge in [0.15, 0.2) is 3.95 Å². The van der Waals surface area contributed by atoms with E-state index in [0.29, 0.717) is 8.96 Å². The zero-order valence-electron chi connectivity index (χ0n) is 4.92. The minimum Gasteiger partial charge on any atom is -0.389 e. The minimum absolute atomic E-state index is 0. The normalized spacial score (nSPS) is 8.56. The van der Waals surface area contributed by atoms with Crippen LogP contribution < -0.4 is 51.4 Å². The van der Waals surface area contributed by atoms with E-state index in [0.717, 1.165) is 0 Å². The molecule has 0 aliphatic carbocycles. The Morgan fingerprint density at radius 2 is 2.44 bits per heavy atom. The van der Waals surface area contributed by atoms with Gasteiger partial charge in [0.2, 0.25) is 0 Å². The Morgan fingerprint density at radius 3 is 2.67 bits per heavy atom. The van der Waals surface area contributed by atoms with E-state index in [1.807, 2.05) is 0 Å². The molecular weight excluding hydrogens is 183 g/mol. The van der Waals surface area contributed by atoms with Gasteiger partial charge in [-0.3, -0.25) is 5.10 Å². The number of rotatable bonds is 1. The summed E-state index contributed by atoms with van der Waals surface area (Å²) in [7, 11) is 0. The Kier molecular flexibility index (Phi) is 5.86. The van der Waals surface area contributed by atoms with Gasteiger partial charge in [-0.2, -0.15) is 5.10 Å². The molecule has 6 heteroatoms. The van der Waals surface area contributed by atoms with Crippen molar-refractivity contribution in [3.8, 4) is 0 Å². The van der Waals surface area contributed by atoms with Crippen molar-refractivity contribution in [3.63, 3.8) is 0 Å². The largest absolute Gasteiger partial charge is 1.00 e. The van der Waals surface area contributed by atoms with E-state index >= 15 is 0 Å². The quantitative estimate of drug-likeness (QED) is 0.384. The first-order chi connectivity index (χ1) is 3.83. The van der Waals surface area contributed by atoms with Crippen LogP contribution in [-0.4, -0.2) is 15.3 Å². The SMILES string of the molecule is OCc1n[nH]c(=S)s1.[K+]. The number of aliphatic hydroxyl groups excluding tert-OH is 1. The molecule has 1 rings (SSSR count). The van der Waals surface area contributed by atoms with Gasteiger partial charge >= 0.3 is 51.4 Å². The van der Waals surface area contributed by atoms with Crippen LogP contribution in [-0.2, 0) is 6.61 Å². The molecule has 0 fully saturated rings. The summed E-state index contributed by atoms with van der Waals surface area (Å²) in [6.07, 6.45) is 0. The molecule has 0 bridgehead atoms. The Labute approximate surface area is 104 Å². The molecule has 3 nitrogen and oxygen atoms in total. The molecule has 0 unspecified atom stereocenters. The van der Waals surface area contributed by atoms with E-state index in [9.17, 15) is 0 Å². The van der Waals surface area contributed by atoms with Crippen LogP contribution in [0.5, 0.6) is 0 Å². The average molecular weight is 187 g/mol. The predicted molar refractivity (Wildman–Crippen MR) is 33.2 cm³/mol.